The summed E-state index contributed by atoms with van der Waals surface area (Å²) in [7, 11) is -6.91. The monoisotopic (exact) mass is 250 g/mol. The van der Waals surface area contributed by atoms with Crippen molar-refractivity contribution in [2.45, 2.75) is 18.8 Å². The van der Waals surface area contributed by atoms with Crippen molar-refractivity contribution < 1.29 is 30.4 Å². The quantitative estimate of drug-likeness (QED) is 0.663. The summed E-state index contributed by atoms with van der Waals surface area (Å²) in [5.74, 6) is 0. The lowest BCUT2D eigenvalue weighted by molar-refractivity contribution is 0.209. The van der Waals surface area contributed by atoms with Crippen LogP contribution in [0.2, 0.25) is 0 Å². The molecule has 0 fully saturated rings. The summed E-state index contributed by atoms with van der Waals surface area (Å²) in [6.07, 6.45) is -0.310. The molecular formula is C5H12FO6PS. The maximum atomic E-state index is 12.8. The van der Waals surface area contributed by atoms with E-state index in [1.165, 1.54) is 6.92 Å². The van der Waals surface area contributed by atoms with E-state index in [0.29, 0.717) is 0 Å². The highest BCUT2D eigenvalue weighted by Gasteiger charge is 2.36. The number of rotatable bonds is 6. The number of phosphoric acid groups is 1. The maximum Gasteiger partial charge on any atom is 0.489 e. The molecule has 6 nitrogen and oxygen atoms in total. The topological polar surface area (TPSA) is 78.9 Å². The molecule has 0 aliphatic rings. The van der Waals surface area contributed by atoms with E-state index in [1.54, 1.807) is 0 Å². The molecular weight excluding hydrogens is 238 g/mol. The minimum atomic E-state index is -4.57. The van der Waals surface area contributed by atoms with E-state index < -0.39 is 23.4 Å². The predicted molar refractivity (Wildman–Crippen MR) is 46.8 cm³/mol. The molecule has 0 radical (unpaired) electrons. The SMILES string of the molecule is CCC(F)S(=O)(=O)OP(=O)(OC)OC. The van der Waals surface area contributed by atoms with Gasteiger partial charge in [-0.2, -0.15) is 12.4 Å². The van der Waals surface area contributed by atoms with Crippen molar-refractivity contribution in [2.75, 3.05) is 14.2 Å². The number of hydrogen-bond acceptors (Lipinski definition) is 6. The Balaban J connectivity index is 4.75. The summed E-state index contributed by atoms with van der Waals surface area (Å²) in [4.78, 5) is 0. The lowest BCUT2D eigenvalue weighted by Gasteiger charge is -2.14. The molecule has 0 aliphatic heterocycles. The first-order chi connectivity index (χ1) is 6.31. The van der Waals surface area contributed by atoms with Gasteiger partial charge < -0.3 is 0 Å². The molecule has 0 aromatic carbocycles. The van der Waals surface area contributed by atoms with Gasteiger partial charge in [0, 0.05) is 14.2 Å². The van der Waals surface area contributed by atoms with Gasteiger partial charge in [0.05, 0.1) is 0 Å². The van der Waals surface area contributed by atoms with Crippen molar-refractivity contribution in [1.82, 2.24) is 0 Å². The molecule has 1 unspecified atom stereocenters. The minimum Gasteiger partial charge on any atom is -0.290 e. The number of halogens is 1. The molecule has 0 N–H and O–H groups in total. The van der Waals surface area contributed by atoms with Gasteiger partial charge >= 0.3 is 17.9 Å². The van der Waals surface area contributed by atoms with Gasteiger partial charge in [-0.05, 0) is 6.42 Å². The van der Waals surface area contributed by atoms with Gasteiger partial charge in [-0.15, -0.1) is 0 Å². The van der Waals surface area contributed by atoms with Gasteiger partial charge in [-0.1, -0.05) is 6.92 Å². The van der Waals surface area contributed by atoms with Gasteiger partial charge in [-0.3, -0.25) is 9.05 Å². The average molecular weight is 250 g/mol. The van der Waals surface area contributed by atoms with Gasteiger partial charge in [0.1, 0.15) is 0 Å². The largest absolute Gasteiger partial charge is 0.489 e. The standard InChI is InChI=1S/C5H12FO6PS/c1-4-5(6)14(8,9)12-13(7,10-2)11-3/h5H,4H2,1-3H3. The molecule has 0 aromatic rings. The zero-order chi connectivity index (χ0) is 11.4. The Morgan fingerprint density at radius 1 is 1.36 bits per heavy atom. The summed E-state index contributed by atoms with van der Waals surface area (Å²) in [6.45, 7) is 1.30. The van der Waals surface area contributed by atoms with Crippen molar-refractivity contribution in [2.24, 2.45) is 0 Å². The molecule has 86 valence electrons. The van der Waals surface area contributed by atoms with E-state index in [-0.39, 0.29) is 6.42 Å². The molecule has 0 aromatic heterocycles. The van der Waals surface area contributed by atoms with Crippen LogP contribution < -0.4 is 0 Å². The Morgan fingerprint density at radius 2 is 1.79 bits per heavy atom. The Bertz CT molecular complexity index is 306. The molecule has 0 spiro atoms. The van der Waals surface area contributed by atoms with E-state index in [9.17, 15) is 17.4 Å². The van der Waals surface area contributed by atoms with Crippen LogP contribution in [0.3, 0.4) is 0 Å². The second-order valence-corrected chi connectivity index (χ2v) is 5.92. The van der Waals surface area contributed by atoms with Gasteiger partial charge in [-0.25, -0.2) is 8.96 Å². The normalized spacial score (nSPS) is 15.4. The summed E-state index contributed by atoms with van der Waals surface area (Å²) >= 11 is 0. The molecule has 1 atom stereocenters. The first kappa shape index (κ1) is 14.0. The maximum absolute atomic E-state index is 12.8. The third kappa shape index (κ3) is 3.62. The molecule has 0 aliphatic carbocycles. The Hall–Kier alpha value is -0.0100. The van der Waals surface area contributed by atoms with Crippen LogP contribution in [0.1, 0.15) is 13.3 Å². The van der Waals surface area contributed by atoms with Crippen LogP contribution in [0.4, 0.5) is 4.39 Å². The van der Waals surface area contributed by atoms with Crippen LogP contribution in [0.25, 0.3) is 0 Å². The highest BCUT2D eigenvalue weighted by atomic mass is 32.2. The fourth-order valence-electron chi connectivity index (χ4n) is 0.513. The Kier molecular flexibility index (Phi) is 5.17. The van der Waals surface area contributed by atoms with E-state index in [4.69, 9.17) is 0 Å². The highest BCUT2D eigenvalue weighted by Crippen LogP contribution is 2.49. The second kappa shape index (κ2) is 5.18. The van der Waals surface area contributed by atoms with Crippen LogP contribution in [0.15, 0.2) is 0 Å². The molecule has 14 heavy (non-hydrogen) atoms. The number of phosphoric ester groups is 1. The second-order valence-electron chi connectivity index (χ2n) is 2.20. The summed E-state index contributed by atoms with van der Waals surface area (Å²) < 4.78 is 58.2. The zero-order valence-electron chi connectivity index (χ0n) is 7.97. The van der Waals surface area contributed by atoms with Crippen LogP contribution in [-0.2, 0) is 27.7 Å². The zero-order valence-corrected chi connectivity index (χ0v) is 9.68. The van der Waals surface area contributed by atoms with E-state index >= 15 is 0 Å². The molecule has 0 heterocycles. The fourth-order valence-corrected chi connectivity index (χ4v) is 2.95. The number of alkyl halides is 1. The lowest BCUT2D eigenvalue weighted by atomic mass is 10.6. The average Bonchev–Trinajstić information content (AvgIpc) is 2.15. The van der Waals surface area contributed by atoms with Gasteiger partial charge in [0.15, 0.2) is 0 Å². The van der Waals surface area contributed by atoms with Crippen molar-refractivity contribution in [3.8, 4) is 0 Å². The molecule has 0 saturated carbocycles. The number of hydrogen-bond donors (Lipinski definition) is 0. The first-order valence-electron chi connectivity index (χ1n) is 3.62. The first-order valence-corrected chi connectivity index (χ1v) is 6.55. The van der Waals surface area contributed by atoms with Crippen molar-refractivity contribution in [3.05, 3.63) is 0 Å². The fraction of sp³-hybridized carbons (Fsp3) is 1.00. The van der Waals surface area contributed by atoms with Crippen LogP contribution in [-0.4, -0.2) is 28.1 Å². The van der Waals surface area contributed by atoms with Gasteiger partial charge in [0.25, 0.3) is 0 Å². The Labute approximate surface area is 82.1 Å². The van der Waals surface area contributed by atoms with Crippen molar-refractivity contribution >= 4 is 17.9 Å². The molecule has 0 saturated heterocycles. The smallest absolute Gasteiger partial charge is 0.290 e. The van der Waals surface area contributed by atoms with E-state index in [1.807, 2.05) is 0 Å². The summed E-state index contributed by atoms with van der Waals surface area (Å²) in [5.41, 5.74) is -2.25. The van der Waals surface area contributed by atoms with Crippen molar-refractivity contribution in [3.63, 3.8) is 0 Å². The molecule has 9 heteroatoms. The van der Waals surface area contributed by atoms with Gasteiger partial charge in [0.2, 0.25) is 5.50 Å². The highest BCUT2D eigenvalue weighted by molar-refractivity contribution is 7.91. The van der Waals surface area contributed by atoms with E-state index in [2.05, 4.69) is 13.0 Å². The third-order valence-corrected chi connectivity index (χ3v) is 4.69. The molecule has 0 amide bonds. The predicted octanol–water partition coefficient (Wildman–Crippen LogP) is 1.44. The van der Waals surface area contributed by atoms with E-state index in [0.717, 1.165) is 14.2 Å². The van der Waals surface area contributed by atoms with Crippen molar-refractivity contribution in [1.29, 1.82) is 0 Å². The molecule has 0 rings (SSSR count). The Morgan fingerprint density at radius 3 is 2.07 bits per heavy atom. The van der Waals surface area contributed by atoms with Crippen LogP contribution >= 0.6 is 7.82 Å². The lowest BCUT2D eigenvalue weighted by Crippen LogP contribution is -2.17. The third-order valence-electron chi connectivity index (χ3n) is 1.28. The summed E-state index contributed by atoms with van der Waals surface area (Å²) in [6, 6.07) is 0. The molecule has 0 bridgehead atoms. The minimum absolute atomic E-state index is 0.310. The summed E-state index contributed by atoms with van der Waals surface area (Å²) in [5, 5.41) is 0. The van der Waals surface area contributed by atoms with Crippen LogP contribution in [0.5, 0.6) is 0 Å². The van der Waals surface area contributed by atoms with Crippen LogP contribution in [0, 0.1) is 0 Å².